The Balaban J connectivity index is 1.36. The van der Waals surface area contributed by atoms with E-state index < -0.39 is 51.5 Å². The number of fused-ring (bicyclic) bond motifs is 5. The number of hydrogen-bond donors (Lipinski definition) is 1. The molecule has 234 valence electrons. The van der Waals surface area contributed by atoms with E-state index in [1.165, 1.54) is 22.8 Å². The van der Waals surface area contributed by atoms with Crippen LogP contribution in [-0.4, -0.2) is 56.5 Å². The third-order valence-electron chi connectivity index (χ3n) is 8.90. The maximum absolute atomic E-state index is 15.0. The first-order valence-corrected chi connectivity index (χ1v) is 16.1. The Morgan fingerprint density at radius 2 is 1.96 bits per heavy atom. The second-order valence-corrected chi connectivity index (χ2v) is 13.5. The molecule has 0 aliphatic heterocycles. The van der Waals surface area contributed by atoms with Crippen LogP contribution in [-0.2, 0) is 19.6 Å². The lowest BCUT2D eigenvalue weighted by atomic mass is 9.59. The first kappa shape index (κ1) is 29.3. The largest absolute Gasteiger partial charge is 0.466 e. The number of esters is 1. The molecule has 0 radical (unpaired) electrons. The molecule has 45 heavy (non-hydrogen) atoms. The van der Waals surface area contributed by atoms with Gasteiger partial charge in [0.15, 0.2) is 17.3 Å². The van der Waals surface area contributed by atoms with Gasteiger partial charge in [0.25, 0.3) is 15.9 Å². The Bertz CT molecular complexity index is 2060. The molecule has 10 nitrogen and oxygen atoms in total. The maximum atomic E-state index is 15.0. The van der Waals surface area contributed by atoms with Gasteiger partial charge in [-0.15, -0.1) is 5.10 Å². The van der Waals surface area contributed by atoms with Crippen LogP contribution in [0.5, 0.6) is 0 Å². The highest BCUT2D eigenvalue weighted by molar-refractivity contribution is 7.90. The fraction of sp³-hybridized carbons (Fsp3) is 0.355. The van der Waals surface area contributed by atoms with Gasteiger partial charge < -0.3 is 10.1 Å². The summed E-state index contributed by atoms with van der Waals surface area (Å²) in [6, 6.07) is 10.2. The zero-order valence-electron chi connectivity index (χ0n) is 24.3. The summed E-state index contributed by atoms with van der Waals surface area (Å²) >= 11 is 0. The Labute approximate surface area is 256 Å². The van der Waals surface area contributed by atoms with Gasteiger partial charge in [0.05, 0.1) is 23.6 Å². The van der Waals surface area contributed by atoms with Crippen molar-refractivity contribution in [3.63, 3.8) is 0 Å². The van der Waals surface area contributed by atoms with Crippen molar-refractivity contribution in [3.8, 4) is 11.4 Å². The second kappa shape index (κ2) is 10.6. The normalized spacial score (nSPS) is 22.6. The summed E-state index contributed by atoms with van der Waals surface area (Å²) in [4.78, 5) is 21.9. The number of nitrogens with zero attached hydrogens (tertiary/aromatic N) is 5. The van der Waals surface area contributed by atoms with Gasteiger partial charge >= 0.3 is 5.97 Å². The molecule has 5 aromatic rings. The Morgan fingerprint density at radius 1 is 1.18 bits per heavy atom. The number of pyridine rings is 1. The lowest BCUT2D eigenvalue weighted by molar-refractivity contribution is -0.186. The van der Waals surface area contributed by atoms with Crippen LogP contribution in [0.3, 0.4) is 0 Å². The molecule has 3 fully saturated rings. The molecule has 1 aromatic carbocycles. The lowest BCUT2D eigenvalue weighted by Gasteiger charge is -2.51. The van der Waals surface area contributed by atoms with Gasteiger partial charge in [0.2, 0.25) is 0 Å². The number of nitrogens with one attached hydrogen (secondary N) is 1. The van der Waals surface area contributed by atoms with Gasteiger partial charge in [0, 0.05) is 41.7 Å². The fourth-order valence-electron chi connectivity index (χ4n) is 6.81. The van der Waals surface area contributed by atoms with Crippen molar-refractivity contribution in [1.82, 2.24) is 23.6 Å². The Hall–Kier alpha value is -4.46. The minimum Gasteiger partial charge on any atom is -0.466 e. The lowest BCUT2D eigenvalue weighted by Crippen LogP contribution is -2.59. The molecule has 0 saturated heterocycles. The number of aryl methyl sites for hydroxylation is 1. The Morgan fingerprint density at radius 3 is 2.69 bits per heavy atom. The smallest absolute Gasteiger partial charge is 0.311 e. The third-order valence-corrected chi connectivity index (χ3v) is 10.6. The van der Waals surface area contributed by atoms with E-state index >= 15 is 8.78 Å². The molecule has 0 unspecified atom stereocenters. The number of alkyl halides is 2. The van der Waals surface area contributed by atoms with Crippen molar-refractivity contribution in [3.05, 3.63) is 72.4 Å². The first-order chi connectivity index (χ1) is 21.5. The van der Waals surface area contributed by atoms with Crippen LogP contribution in [0.4, 0.5) is 19.0 Å². The van der Waals surface area contributed by atoms with E-state index in [0.29, 0.717) is 11.9 Å². The molecule has 4 heterocycles. The summed E-state index contributed by atoms with van der Waals surface area (Å²) in [5.74, 6) is -6.87. The summed E-state index contributed by atoms with van der Waals surface area (Å²) < 4.78 is 79.8. The number of carbonyl (C=O) groups is 1. The van der Waals surface area contributed by atoms with Crippen LogP contribution >= 0.6 is 0 Å². The highest BCUT2D eigenvalue weighted by atomic mass is 32.2. The molecule has 0 amide bonds. The van der Waals surface area contributed by atoms with Gasteiger partial charge in [-0.05, 0) is 62.9 Å². The molecule has 2 bridgehead atoms. The van der Waals surface area contributed by atoms with E-state index in [2.05, 4.69) is 15.4 Å². The minimum atomic E-state index is -4.15. The van der Waals surface area contributed by atoms with Crippen LogP contribution in [0, 0.1) is 30.5 Å². The fourth-order valence-corrected chi connectivity index (χ4v) is 8.13. The van der Waals surface area contributed by atoms with E-state index in [1.807, 2.05) is 6.92 Å². The zero-order valence-corrected chi connectivity index (χ0v) is 25.1. The van der Waals surface area contributed by atoms with Crippen LogP contribution in [0.25, 0.3) is 27.9 Å². The predicted octanol–water partition coefficient (Wildman–Crippen LogP) is 5.46. The summed E-state index contributed by atoms with van der Waals surface area (Å²) in [7, 11) is -4.15. The third kappa shape index (κ3) is 4.82. The van der Waals surface area contributed by atoms with Crippen LogP contribution in [0.15, 0.2) is 66.0 Å². The number of hydrogen-bond acceptors (Lipinski definition) is 8. The van der Waals surface area contributed by atoms with Gasteiger partial charge in [0.1, 0.15) is 11.3 Å². The van der Waals surface area contributed by atoms with E-state index in [0.717, 1.165) is 21.8 Å². The summed E-state index contributed by atoms with van der Waals surface area (Å²) in [5, 5.41) is 8.01. The highest BCUT2D eigenvalue weighted by Crippen LogP contribution is 2.54. The average Bonchev–Trinajstić information content (AvgIpc) is 3.63. The zero-order chi connectivity index (χ0) is 31.7. The van der Waals surface area contributed by atoms with Crippen molar-refractivity contribution < 1.29 is 31.1 Å². The summed E-state index contributed by atoms with van der Waals surface area (Å²) in [6.45, 7) is 3.53. The summed E-state index contributed by atoms with van der Waals surface area (Å²) in [6.07, 6.45) is 4.23. The number of benzene rings is 1. The van der Waals surface area contributed by atoms with Crippen molar-refractivity contribution >= 4 is 38.4 Å². The first-order valence-electron chi connectivity index (χ1n) is 14.6. The maximum Gasteiger partial charge on any atom is 0.311 e. The van der Waals surface area contributed by atoms with Crippen LogP contribution in [0.2, 0.25) is 0 Å². The van der Waals surface area contributed by atoms with Crippen molar-refractivity contribution in [2.24, 2.45) is 17.8 Å². The topological polar surface area (TPSA) is 120 Å². The standard InChI is InChI=1S/C31H29F3N6O4S/c1-3-44-30(41)25-23-11-8-18(14-31(23,33)34)26(25)36-28-24-5-4-12-39(24)38-27(37-28)22-16-40(29-21(22)13-19(32)15-35-29)45(42,43)20-9-6-17(2)7-10-20/h4-7,9-10,12-13,15-16,18,23,25-26H,3,8,11,14H2,1-2H3,(H,36,37,38)/t18-,23-,25-,26+/m0/s1. The molecule has 4 aromatic heterocycles. The summed E-state index contributed by atoms with van der Waals surface area (Å²) in [5.41, 5.74) is 1.55. The highest BCUT2D eigenvalue weighted by Gasteiger charge is 2.60. The van der Waals surface area contributed by atoms with Crippen LogP contribution in [0.1, 0.15) is 31.7 Å². The van der Waals surface area contributed by atoms with Crippen molar-refractivity contribution in [2.75, 3.05) is 11.9 Å². The Kier molecular flexibility index (Phi) is 6.87. The molecule has 3 aliphatic carbocycles. The molecule has 14 heteroatoms. The van der Waals surface area contributed by atoms with Gasteiger partial charge in [-0.3, -0.25) is 4.79 Å². The SMILES string of the molecule is CCOC(=O)[C@@H]1[C@H](Nc2nc(-c3cn(S(=O)(=O)c4ccc(C)cc4)c4ncc(F)cc34)nn3cccc23)[C@H]2CC[C@@H]1C(F)(F)C2. The molecule has 8 rings (SSSR count). The van der Waals surface area contributed by atoms with Gasteiger partial charge in [-0.2, -0.15) is 0 Å². The molecule has 0 spiro atoms. The van der Waals surface area contributed by atoms with E-state index in [4.69, 9.17) is 9.72 Å². The van der Waals surface area contributed by atoms with Crippen molar-refractivity contribution in [2.45, 2.75) is 50.0 Å². The van der Waals surface area contributed by atoms with Gasteiger partial charge in [-0.25, -0.2) is 40.0 Å². The average molecular weight is 639 g/mol. The molecule has 3 saturated carbocycles. The number of anilines is 1. The molecule has 3 aliphatic rings. The number of rotatable bonds is 7. The van der Waals surface area contributed by atoms with E-state index in [9.17, 15) is 17.6 Å². The second-order valence-electron chi connectivity index (χ2n) is 11.7. The molecule has 1 N–H and O–H groups in total. The monoisotopic (exact) mass is 638 g/mol. The van der Waals surface area contributed by atoms with Crippen molar-refractivity contribution in [1.29, 1.82) is 0 Å². The minimum absolute atomic E-state index is 0.0148. The van der Waals surface area contributed by atoms with E-state index in [-0.39, 0.29) is 52.6 Å². The molecule has 4 atom stereocenters. The number of ether oxygens (including phenoxy) is 1. The van der Waals surface area contributed by atoms with Gasteiger partial charge in [-0.1, -0.05) is 17.7 Å². The predicted molar refractivity (Wildman–Crippen MR) is 159 cm³/mol. The molecular weight excluding hydrogens is 609 g/mol. The quantitative estimate of drug-likeness (QED) is 0.234. The number of aromatic nitrogens is 5. The number of carbonyl (C=O) groups excluding carboxylic acids is 1. The van der Waals surface area contributed by atoms with E-state index in [1.54, 1.807) is 37.4 Å². The number of halogens is 3. The van der Waals surface area contributed by atoms with Crippen LogP contribution < -0.4 is 5.32 Å². The molecular formula is C31H29F3N6O4S.